The molecule has 0 N–H and O–H groups in total. The van der Waals surface area contributed by atoms with Crippen LogP contribution in [-0.2, 0) is 13.1 Å². The molecule has 0 saturated carbocycles. The zero-order valence-corrected chi connectivity index (χ0v) is 16.1. The van der Waals surface area contributed by atoms with Crippen LogP contribution in [-0.4, -0.2) is 20.2 Å². The minimum atomic E-state index is -0.00706. The largest absolute Gasteiger partial charge is 0.327 e. The molecular weight excluding hydrogens is 370 g/mol. The number of amides is 1. The number of pyridine rings is 1. The topological polar surface area (TPSA) is 37.6 Å². The number of imidazole rings is 1. The number of carbonyl (C=O) groups is 1. The molecule has 0 aliphatic carbocycles. The third-order valence-electron chi connectivity index (χ3n) is 5.20. The predicted octanol–water partition coefficient (Wildman–Crippen LogP) is 5.12. The van der Waals surface area contributed by atoms with Crippen molar-refractivity contribution in [2.45, 2.75) is 20.0 Å². The second-order valence-corrected chi connectivity index (χ2v) is 7.64. The molecule has 1 aliphatic rings. The van der Waals surface area contributed by atoms with Gasteiger partial charge < -0.3 is 4.90 Å². The molecule has 1 amide bonds. The summed E-state index contributed by atoms with van der Waals surface area (Å²) in [5.74, 6) is -0.00706. The first kappa shape index (κ1) is 17.0. The van der Waals surface area contributed by atoms with E-state index in [1.165, 1.54) is 16.7 Å². The van der Waals surface area contributed by atoms with Crippen molar-refractivity contribution in [1.82, 2.24) is 14.3 Å². The standard InChI is InChI=1S/C23H18ClN3O/c1-15-2-6-17(7-3-15)18-8-4-16(5-9-18)12-26-14-20-22(23(26)28)27-13-19(24)10-11-21(27)25-20/h2-11,13H,12,14H2,1H3. The van der Waals surface area contributed by atoms with Crippen molar-refractivity contribution < 1.29 is 4.79 Å². The summed E-state index contributed by atoms with van der Waals surface area (Å²) in [4.78, 5) is 19.3. The normalized spacial score (nSPS) is 13.4. The first-order valence-electron chi connectivity index (χ1n) is 9.20. The maximum Gasteiger partial charge on any atom is 0.273 e. The Kier molecular flexibility index (Phi) is 3.95. The van der Waals surface area contributed by atoms with Crippen LogP contribution in [0.5, 0.6) is 0 Å². The van der Waals surface area contributed by atoms with Crippen molar-refractivity contribution in [3.8, 4) is 11.1 Å². The molecule has 2 aromatic carbocycles. The third-order valence-corrected chi connectivity index (χ3v) is 5.42. The highest BCUT2D eigenvalue weighted by Crippen LogP contribution is 2.27. The number of rotatable bonds is 3. The lowest BCUT2D eigenvalue weighted by molar-refractivity contribution is 0.0760. The molecule has 28 heavy (non-hydrogen) atoms. The number of hydrogen-bond donors (Lipinski definition) is 0. The van der Waals surface area contributed by atoms with Gasteiger partial charge in [-0.15, -0.1) is 0 Å². The van der Waals surface area contributed by atoms with Crippen molar-refractivity contribution in [3.05, 3.63) is 94.4 Å². The number of halogens is 1. The van der Waals surface area contributed by atoms with Gasteiger partial charge in [0, 0.05) is 12.7 Å². The van der Waals surface area contributed by atoms with Crippen LogP contribution in [0.15, 0.2) is 66.9 Å². The van der Waals surface area contributed by atoms with Crippen LogP contribution in [0.25, 0.3) is 16.8 Å². The van der Waals surface area contributed by atoms with E-state index in [0.29, 0.717) is 23.8 Å². The number of hydrogen-bond acceptors (Lipinski definition) is 2. The summed E-state index contributed by atoms with van der Waals surface area (Å²) < 4.78 is 1.79. The summed E-state index contributed by atoms with van der Waals surface area (Å²) in [5, 5.41) is 0.589. The van der Waals surface area contributed by atoms with Gasteiger partial charge in [-0.1, -0.05) is 65.7 Å². The molecule has 2 aromatic heterocycles. The summed E-state index contributed by atoms with van der Waals surface area (Å²) in [7, 11) is 0. The van der Waals surface area contributed by atoms with Gasteiger partial charge in [-0.3, -0.25) is 9.20 Å². The number of benzene rings is 2. The van der Waals surface area contributed by atoms with Gasteiger partial charge >= 0.3 is 0 Å². The fourth-order valence-corrected chi connectivity index (χ4v) is 3.86. The van der Waals surface area contributed by atoms with Crippen LogP contribution in [0, 0.1) is 6.92 Å². The molecule has 0 radical (unpaired) electrons. The van der Waals surface area contributed by atoms with Crippen LogP contribution in [0.4, 0.5) is 0 Å². The van der Waals surface area contributed by atoms with E-state index in [1.807, 2.05) is 11.0 Å². The molecule has 4 nitrogen and oxygen atoms in total. The van der Waals surface area contributed by atoms with Crippen LogP contribution in [0.2, 0.25) is 5.02 Å². The number of nitrogens with zero attached hydrogens (tertiary/aromatic N) is 3. The van der Waals surface area contributed by atoms with E-state index in [-0.39, 0.29) is 5.91 Å². The minimum absolute atomic E-state index is 0.00706. The Morgan fingerprint density at radius 2 is 1.64 bits per heavy atom. The Labute approximate surface area is 168 Å². The maximum atomic E-state index is 12.9. The first-order valence-corrected chi connectivity index (χ1v) is 9.58. The Morgan fingerprint density at radius 1 is 0.964 bits per heavy atom. The lowest BCUT2D eigenvalue weighted by atomic mass is 10.0. The molecule has 4 aromatic rings. The number of carbonyl (C=O) groups excluding carboxylic acids is 1. The van der Waals surface area contributed by atoms with Gasteiger partial charge in [-0.05, 0) is 35.7 Å². The molecule has 0 spiro atoms. The van der Waals surface area contributed by atoms with Gasteiger partial charge in [-0.25, -0.2) is 4.98 Å². The van der Waals surface area contributed by atoms with Crippen LogP contribution >= 0.6 is 11.6 Å². The lowest BCUT2D eigenvalue weighted by Gasteiger charge is -2.16. The van der Waals surface area contributed by atoms with E-state index in [2.05, 4.69) is 60.4 Å². The number of aryl methyl sites for hydroxylation is 1. The van der Waals surface area contributed by atoms with Gasteiger partial charge in [0.2, 0.25) is 0 Å². The average Bonchev–Trinajstić information content (AvgIpc) is 3.19. The first-order chi connectivity index (χ1) is 13.6. The molecule has 138 valence electrons. The molecule has 0 bridgehead atoms. The highest BCUT2D eigenvalue weighted by Gasteiger charge is 2.32. The van der Waals surface area contributed by atoms with E-state index in [9.17, 15) is 4.79 Å². The second-order valence-electron chi connectivity index (χ2n) is 7.21. The van der Waals surface area contributed by atoms with E-state index in [4.69, 9.17) is 11.6 Å². The SMILES string of the molecule is Cc1ccc(-c2ccc(CN3Cc4nc5ccc(Cl)cn5c4C3=O)cc2)cc1. The maximum absolute atomic E-state index is 12.9. The van der Waals surface area contributed by atoms with Crippen molar-refractivity contribution in [3.63, 3.8) is 0 Å². The van der Waals surface area contributed by atoms with E-state index < -0.39 is 0 Å². The molecule has 5 heteroatoms. The van der Waals surface area contributed by atoms with Crippen molar-refractivity contribution >= 4 is 23.2 Å². The quantitative estimate of drug-likeness (QED) is 0.489. The zero-order valence-electron chi connectivity index (χ0n) is 15.4. The summed E-state index contributed by atoms with van der Waals surface area (Å²) in [5.41, 5.74) is 6.90. The second kappa shape index (κ2) is 6.50. The fourth-order valence-electron chi connectivity index (χ4n) is 3.70. The molecule has 0 atom stereocenters. The average molecular weight is 388 g/mol. The van der Waals surface area contributed by atoms with Crippen molar-refractivity contribution in [1.29, 1.82) is 0 Å². The Morgan fingerprint density at radius 3 is 2.36 bits per heavy atom. The van der Waals surface area contributed by atoms with Crippen molar-refractivity contribution in [2.24, 2.45) is 0 Å². The van der Waals surface area contributed by atoms with Gasteiger partial charge in [0.15, 0.2) is 0 Å². The summed E-state index contributed by atoms with van der Waals surface area (Å²) >= 11 is 6.09. The molecule has 0 unspecified atom stereocenters. The lowest BCUT2D eigenvalue weighted by Crippen LogP contribution is -2.24. The van der Waals surface area contributed by atoms with E-state index in [0.717, 1.165) is 16.9 Å². The Balaban J connectivity index is 1.37. The number of aromatic nitrogens is 2. The van der Waals surface area contributed by atoms with Gasteiger partial charge in [0.1, 0.15) is 11.3 Å². The highest BCUT2D eigenvalue weighted by molar-refractivity contribution is 6.30. The van der Waals surface area contributed by atoms with Crippen LogP contribution in [0.1, 0.15) is 27.3 Å². The summed E-state index contributed by atoms with van der Waals surface area (Å²) in [6.07, 6.45) is 1.75. The molecule has 3 heterocycles. The monoisotopic (exact) mass is 387 g/mol. The molecule has 5 rings (SSSR count). The van der Waals surface area contributed by atoms with Crippen molar-refractivity contribution in [2.75, 3.05) is 0 Å². The third kappa shape index (κ3) is 2.86. The molecule has 0 saturated heterocycles. The minimum Gasteiger partial charge on any atom is -0.327 e. The number of fused-ring (bicyclic) bond motifs is 3. The van der Waals surface area contributed by atoms with Gasteiger partial charge in [0.05, 0.1) is 17.3 Å². The van der Waals surface area contributed by atoms with Crippen LogP contribution < -0.4 is 0 Å². The fraction of sp³-hybridized carbons (Fsp3) is 0.130. The Bertz CT molecular complexity index is 1190. The highest BCUT2D eigenvalue weighted by atomic mass is 35.5. The zero-order chi connectivity index (χ0) is 19.3. The van der Waals surface area contributed by atoms with E-state index in [1.54, 1.807) is 16.7 Å². The smallest absolute Gasteiger partial charge is 0.273 e. The summed E-state index contributed by atoms with van der Waals surface area (Å²) in [6.45, 7) is 3.17. The predicted molar refractivity (Wildman–Crippen MR) is 110 cm³/mol. The Hall–Kier alpha value is -3.11. The molecule has 1 aliphatic heterocycles. The van der Waals surface area contributed by atoms with Crippen LogP contribution in [0.3, 0.4) is 0 Å². The van der Waals surface area contributed by atoms with Gasteiger partial charge in [-0.2, -0.15) is 0 Å². The molecular formula is C23H18ClN3O. The summed E-state index contributed by atoms with van der Waals surface area (Å²) in [6, 6.07) is 20.5. The van der Waals surface area contributed by atoms with Gasteiger partial charge in [0.25, 0.3) is 5.91 Å². The molecule has 0 fully saturated rings. The van der Waals surface area contributed by atoms with E-state index >= 15 is 0 Å².